The molecule has 8 nitrogen and oxygen atoms in total. The van der Waals surface area contributed by atoms with E-state index in [-0.39, 0.29) is 11.7 Å². The second-order valence-corrected chi connectivity index (χ2v) is 7.99. The molecule has 0 aromatic heterocycles. The van der Waals surface area contributed by atoms with Crippen molar-refractivity contribution < 1.29 is 18.6 Å². The van der Waals surface area contributed by atoms with Gasteiger partial charge in [-0.25, -0.2) is 13.8 Å². The molecule has 0 aliphatic carbocycles. The van der Waals surface area contributed by atoms with E-state index in [9.17, 15) is 14.0 Å². The number of aliphatic imine (C=N–C) groups is 1. The number of urea groups is 1. The molecule has 0 radical (unpaired) electrons. The van der Waals surface area contributed by atoms with Crippen molar-refractivity contribution in [1.29, 1.82) is 0 Å². The van der Waals surface area contributed by atoms with E-state index in [1.165, 1.54) is 24.1 Å². The minimum absolute atomic E-state index is 0.305. The summed E-state index contributed by atoms with van der Waals surface area (Å²) in [7, 11) is 3.08. The molecule has 0 bridgehead atoms. The molecule has 1 saturated heterocycles. The first-order valence-electron chi connectivity index (χ1n) is 10.5. The smallest absolute Gasteiger partial charge is 0.270 e. The van der Waals surface area contributed by atoms with Crippen molar-refractivity contribution in [1.82, 2.24) is 14.8 Å². The summed E-state index contributed by atoms with van der Waals surface area (Å²) in [4.78, 5) is 32.6. The highest BCUT2D eigenvalue weighted by molar-refractivity contribution is 6.23. The Labute approximate surface area is 190 Å². The van der Waals surface area contributed by atoms with E-state index in [4.69, 9.17) is 5.10 Å². The van der Waals surface area contributed by atoms with Crippen LogP contribution in [0.1, 0.15) is 11.1 Å². The van der Waals surface area contributed by atoms with E-state index in [0.717, 1.165) is 16.0 Å². The molecule has 0 saturated carbocycles. The van der Waals surface area contributed by atoms with Gasteiger partial charge in [0.05, 0.1) is 0 Å². The number of carbonyl (C=O) groups is 2. The molecule has 0 N–H and O–H groups in total. The summed E-state index contributed by atoms with van der Waals surface area (Å²) in [5, 5.41) is 6.47. The van der Waals surface area contributed by atoms with E-state index in [1.807, 2.05) is 47.1 Å². The predicted molar refractivity (Wildman–Crippen MR) is 122 cm³/mol. The monoisotopic (exact) mass is 445 g/mol. The lowest BCUT2D eigenvalue weighted by molar-refractivity contribution is -0.527. The minimum atomic E-state index is -0.723. The predicted octanol–water partition coefficient (Wildman–Crippen LogP) is 2.23. The van der Waals surface area contributed by atoms with Crippen LogP contribution in [0.3, 0.4) is 0 Å². The SMILES string of the molecule is CN1C(=O)C2C(=NC3=[N+]2CC(c2ccc(F)cc2)=NN3C/C=C/c2ccccc2)N(C)C1=O. The second kappa shape index (κ2) is 8.09. The van der Waals surface area contributed by atoms with Crippen LogP contribution in [0.4, 0.5) is 9.18 Å². The number of halogens is 1. The number of hydrogen-bond donors (Lipinski definition) is 0. The fraction of sp³-hybridized carbons (Fsp3) is 0.208. The maximum Gasteiger partial charge on any atom is 0.417 e. The third kappa shape index (κ3) is 3.61. The van der Waals surface area contributed by atoms with Gasteiger partial charge in [-0.2, -0.15) is 0 Å². The molecule has 166 valence electrons. The first kappa shape index (κ1) is 20.7. The second-order valence-electron chi connectivity index (χ2n) is 7.99. The van der Waals surface area contributed by atoms with Crippen molar-refractivity contribution in [2.45, 2.75) is 6.04 Å². The Hall–Kier alpha value is -4.14. The number of imide groups is 1. The van der Waals surface area contributed by atoms with Crippen molar-refractivity contribution in [3.63, 3.8) is 0 Å². The average Bonchev–Trinajstić information content (AvgIpc) is 3.22. The van der Waals surface area contributed by atoms with Gasteiger partial charge in [0.1, 0.15) is 24.6 Å². The topological polar surface area (TPSA) is 71.6 Å². The Kier molecular flexibility index (Phi) is 5.08. The first-order valence-corrected chi connectivity index (χ1v) is 10.5. The molecule has 2 aromatic rings. The van der Waals surface area contributed by atoms with E-state index >= 15 is 0 Å². The number of amidine groups is 1. The molecule has 9 heteroatoms. The lowest BCUT2D eigenvalue weighted by Crippen LogP contribution is -2.62. The fourth-order valence-electron chi connectivity index (χ4n) is 4.10. The van der Waals surface area contributed by atoms with Crippen LogP contribution in [0.5, 0.6) is 0 Å². The maximum atomic E-state index is 13.5. The summed E-state index contributed by atoms with van der Waals surface area (Å²) in [6, 6.07) is 14.8. The molecule has 5 rings (SSSR count). The molecule has 3 heterocycles. The largest absolute Gasteiger partial charge is 0.417 e. The summed E-state index contributed by atoms with van der Waals surface area (Å²) in [5.74, 6) is 0.209. The van der Waals surface area contributed by atoms with Crippen molar-refractivity contribution in [2.24, 2.45) is 10.1 Å². The van der Waals surface area contributed by atoms with Gasteiger partial charge in [0, 0.05) is 19.7 Å². The van der Waals surface area contributed by atoms with Gasteiger partial charge >= 0.3 is 12.0 Å². The summed E-state index contributed by atoms with van der Waals surface area (Å²) >= 11 is 0. The van der Waals surface area contributed by atoms with Gasteiger partial charge in [-0.1, -0.05) is 53.5 Å². The molecule has 0 spiro atoms. The molecule has 1 fully saturated rings. The van der Waals surface area contributed by atoms with E-state index in [1.54, 1.807) is 24.2 Å². The molecule has 3 aliphatic rings. The minimum Gasteiger partial charge on any atom is -0.270 e. The van der Waals surface area contributed by atoms with Gasteiger partial charge in [0.15, 0.2) is 0 Å². The highest BCUT2D eigenvalue weighted by Crippen LogP contribution is 2.23. The number of rotatable bonds is 4. The number of likely N-dealkylation sites (N-methyl/N-ethyl adjacent to an activating group) is 2. The Morgan fingerprint density at radius 1 is 1.06 bits per heavy atom. The Morgan fingerprint density at radius 3 is 2.52 bits per heavy atom. The zero-order chi connectivity index (χ0) is 23.1. The number of fused-ring (bicyclic) bond motifs is 2. The normalized spacial score (nSPS) is 20.3. The van der Waals surface area contributed by atoms with Gasteiger partial charge in [-0.05, 0) is 23.8 Å². The van der Waals surface area contributed by atoms with Crippen LogP contribution in [0, 0.1) is 5.82 Å². The number of nitrogens with zero attached hydrogens (tertiary/aromatic N) is 6. The molecule has 1 unspecified atom stereocenters. The zero-order valence-electron chi connectivity index (χ0n) is 18.2. The maximum absolute atomic E-state index is 13.5. The standard InChI is InChI=1S/C24H22FN6O2/c1-28-21-20(22(32)29(2)24(28)33)30-15-19(17-10-12-18(25)13-11-17)27-31(23(30)26-21)14-6-9-16-7-4-3-5-8-16/h3-13,20H,14-15H2,1-2H3/q+1/b9-6+. The highest BCUT2D eigenvalue weighted by atomic mass is 19.1. The number of hydrogen-bond acceptors (Lipinski definition) is 5. The molecule has 3 amide bonds. The summed E-state index contributed by atoms with van der Waals surface area (Å²) in [5.41, 5.74) is 2.48. The number of amides is 3. The number of hydrazone groups is 1. The molecule has 33 heavy (non-hydrogen) atoms. The van der Waals surface area contributed by atoms with Crippen LogP contribution in [-0.2, 0) is 4.79 Å². The van der Waals surface area contributed by atoms with E-state index in [0.29, 0.717) is 30.6 Å². The number of guanidine groups is 1. The van der Waals surface area contributed by atoms with Crippen molar-refractivity contribution in [2.75, 3.05) is 27.2 Å². The quantitative estimate of drug-likeness (QED) is 0.678. The third-order valence-corrected chi connectivity index (χ3v) is 5.87. The first-order chi connectivity index (χ1) is 15.9. The lowest BCUT2D eigenvalue weighted by Gasteiger charge is -2.32. The van der Waals surface area contributed by atoms with Crippen LogP contribution < -0.4 is 0 Å². The van der Waals surface area contributed by atoms with Crippen LogP contribution in [0.2, 0.25) is 0 Å². The summed E-state index contributed by atoms with van der Waals surface area (Å²) in [6.45, 7) is 0.704. The van der Waals surface area contributed by atoms with Gasteiger partial charge in [-0.3, -0.25) is 14.6 Å². The molecule has 2 aromatic carbocycles. The van der Waals surface area contributed by atoms with Crippen molar-refractivity contribution >= 4 is 35.5 Å². The van der Waals surface area contributed by atoms with Crippen molar-refractivity contribution in [3.8, 4) is 0 Å². The van der Waals surface area contributed by atoms with Gasteiger partial charge in [0.25, 0.3) is 5.91 Å². The van der Waals surface area contributed by atoms with Gasteiger partial charge in [0.2, 0.25) is 11.9 Å². The van der Waals surface area contributed by atoms with Crippen LogP contribution in [0.25, 0.3) is 6.08 Å². The van der Waals surface area contributed by atoms with Crippen molar-refractivity contribution in [3.05, 3.63) is 77.6 Å². The van der Waals surface area contributed by atoms with Gasteiger partial charge < -0.3 is 0 Å². The molecule has 1 atom stereocenters. The fourth-order valence-corrected chi connectivity index (χ4v) is 4.10. The molecular formula is C24H22FN6O2+. The lowest BCUT2D eigenvalue weighted by atomic mass is 10.1. The average molecular weight is 445 g/mol. The molecular weight excluding hydrogens is 423 g/mol. The van der Waals surface area contributed by atoms with E-state index in [2.05, 4.69) is 4.99 Å². The Morgan fingerprint density at radius 2 is 1.79 bits per heavy atom. The van der Waals surface area contributed by atoms with Crippen LogP contribution in [-0.4, -0.2) is 82.1 Å². The Balaban J connectivity index is 1.52. The number of carbonyl (C=O) groups excluding carboxylic acids is 2. The third-order valence-electron chi connectivity index (χ3n) is 5.87. The summed E-state index contributed by atoms with van der Waals surface area (Å²) < 4.78 is 15.3. The van der Waals surface area contributed by atoms with E-state index < -0.39 is 12.1 Å². The summed E-state index contributed by atoms with van der Waals surface area (Å²) in [6.07, 6.45) is 3.94. The molecule has 3 aliphatic heterocycles. The number of benzene rings is 2. The van der Waals surface area contributed by atoms with Crippen LogP contribution >= 0.6 is 0 Å². The van der Waals surface area contributed by atoms with Gasteiger partial charge in [-0.15, -0.1) is 10.1 Å². The zero-order valence-corrected chi connectivity index (χ0v) is 18.2. The van der Waals surface area contributed by atoms with Crippen LogP contribution in [0.15, 0.2) is 70.8 Å². The Bertz CT molecular complexity index is 1250. The highest BCUT2D eigenvalue weighted by Gasteiger charge is 2.53.